The number of hydrogen-bond donors (Lipinski definition) is 2. The average Bonchev–Trinajstić information content (AvgIpc) is 2.52. The third kappa shape index (κ3) is 4.43. The molecule has 7 nitrogen and oxygen atoms in total. The molecular weight excluding hydrogens is 368 g/mol. The molecule has 0 radical (unpaired) electrons. The highest BCUT2D eigenvalue weighted by molar-refractivity contribution is 9.10. The Kier molecular flexibility index (Phi) is 5.53. The van der Waals surface area contributed by atoms with E-state index in [1.165, 1.54) is 6.07 Å². The molecule has 0 spiro atoms. The van der Waals surface area contributed by atoms with Gasteiger partial charge in [-0.3, -0.25) is 14.9 Å². The standard InChI is InChI=1S/C15H13BrN2O5/c16-11-6-7-12(17-8-13(19)20)14(18(21)22)15(11)23-9-10-4-2-1-3-5-10/h1-7,17H,8-9H2,(H,19,20). The smallest absolute Gasteiger partial charge is 0.334 e. The summed E-state index contributed by atoms with van der Waals surface area (Å²) < 4.78 is 6.00. The lowest BCUT2D eigenvalue weighted by Gasteiger charge is -2.12. The summed E-state index contributed by atoms with van der Waals surface area (Å²) in [6.07, 6.45) is 0. The van der Waals surface area contributed by atoms with Gasteiger partial charge in [-0.25, -0.2) is 0 Å². The molecule has 2 N–H and O–H groups in total. The van der Waals surface area contributed by atoms with Crippen LogP contribution in [0.2, 0.25) is 0 Å². The summed E-state index contributed by atoms with van der Waals surface area (Å²) in [5, 5.41) is 22.6. The van der Waals surface area contributed by atoms with Crippen molar-refractivity contribution < 1.29 is 19.6 Å². The van der Waals surface area contributed by atoms with Crippen molar-refractivity contribution in [3.8, 4) is 5.75 Å². The molecule has 120 valence electrons. The second-order valence-corrected chi connectivity index (χ2v) is 5.41. The first kappa shape index (κ1) is 16.8. The predicted molar refractivity (Wildman–Crippen MR) is 87.7 cm³/mol. The highest BCUT2D eigenvalue weighted by Gasteiger charge is 2.24. The summed E-state index contributed by atoms with van der Waals surface area (Å²) in [6, 6.07) is 12.2. The molecule has 0 heterocycles. The third-order valence-corrected chi connectivity index (χ3v) is 3.55. The summed E-state index contributed by atoms with van der Waals surface area (Å²) in [5.41, 5.74) is 0.637. The van der Waals surface area contributed by atoms with E-state index in [1.54, 1.807) is 6.07 Å². The van der Waals surface area contributed by atoms with E-state index in [9.17, 15) is 14.9 Å². The van der Waals surface area contributed by atoms with E-state index in [2.05, 4.69) is 21.2 Å². The Morgan fingerprint density at radius 2 is 1.96 bits per heavy atom. The second-order valence-electron chi connectivity index (χ2n) is 4.55. The van der Waals surface area contributed by atoms with Crippen molar-refractivity contribution >= 4 is 33.3 Å². The first-order chi connectivity index (χ1) is 11.0. The molecule has 0 fully saturated rings. The average molecular weight is 381 g/mol. The van der Waals surface area contributed by atoms with Gasteiger partial charge in [0.2, 0.25) is 5.75 Å². The highest BCUT2D eigenvalue weighted by Crippen LogP contribution is 2.41. The van der Waals surface area contributed by atoms with Gasteiger partial charge in [0.05, 0.1) is 9.40 Å². The Morgan fingerprint density at radius 1 is 1.26 bits per heavy atom. The van der Waals surface area contributed by atoms with Crippen LogP contribution in [0.1, 0.15) is 5.56 Å². The number of rotatable bonds is 7. The van der Waals surface area contributed by atoms with E-state index in [-0.39, 0.29) is 23.7 Å². The molecule has 8 heteroatoms. The molecule has 0 aromatic heterocycles. The number of benzene rings is 2. The number of halogens is 1. The molecular formula is C15H13BrN2O5. The van der Waals surface area contributed by atoms with Crippen molar-refractivity contribution in [1.29, 1.82) is 0 Å². The number of aliphatic carboxylic acids is 1. The van der Waals surface area contributed by atoms with Crippen LogP contribution in [-0.2, 0) is 11.4 Å². The Balaban J connectivity index is 2.30. The van der Waals surface area contributed by atoms with Gasteiger partial charge in [-0.2, -0.15) is 0 Å². The van der Waals surface area contributed by atoms with Crippen molar-refractivity contribution in [1.82, 2.24) is 0 Å². The number of nitrogens with one attached hydrogen (secondary N) is 1. The van der Waals surface area contributed by atoms with Crippen LogP contribution in [0.15, 0.2) is 46.9 Å². The molecule has 0 atom stereocenters. The molecule has 0 aliphatic carbocycles. The van der Waals surface area contributed by atoms with Crippen LogP contribution in [-0.4, -0.2) is 22.5 Å². The van der Waals surface area contributed by atoms with E-state index in [0.717, 1.165) is 5.56 Å². The largest absolute Gasteiger partial charge is 0.481 e. The molecule has 0 aliphatic rings. The summed E-state index contributed by atoms with van der Waals surface area (Å²) in [4.78, 5) is 21.4. The minimum atomic E-state index is -1.12. The molecule has 2 aromatic carbocycles. The fraction of sp³-hybridized carbons (Fsp3) is 0.133. The summed E-state index contributed by atoms with van der Waals surface area (Å²) >= 11 is 3.23. The van der Waals surface area contributed by atoms with Gasteiger partial charge < -0.3 is 15.2 Å². The maximum atomic E-state index is 11.4. The maximum Gasteiger partial charge on any atom is 0.334 e. The lowest BCUT2D eigenvalue weighted by molar-refractivity contribution is -0.385. The third-order valence-electron chi connectivity index (χ3n) is 2.92. The molecule has 0 saturated heterocycles. The number of carboxylic acid groups (broad SMARTS) is 1. The van der Waals surface area contributed by atoms with Crippen LogP contribution in [0.4, 0.5) is 11.4 Å². The monoisotopic (exact) mass is 380 g/mol. The van der Waals surface area contributed by atoms with Crippen LogP contribution in [0.3, 0.4) is 0 Å². The van der Waals surface area contributed by atoms with Crippen molar-refractivity contribution in [2.75, 3.05) is 11.9 Å². The fourth-order valence-corrected chi connectivity index (χ4v) is 2.34. The minimum absolute atomic E-state index is 0.0502. The van der Waals surface area contributed by atoms with Gasteiger partial charge in [0.1, 0.15) is 18.8 Å². The first-order valence-electron chi connectivity index (χ1n) is 6.58. The van der Waals surface area contributed by atoms with Crippen LogP contribution < -0.4 is 10.1 Å². The van der Waals surface area contributed by atoms with Gasteiger partial charge in [-0.15, -0.1) is 0 Å². The lowest BCUT2D eigenvalue weighted by Crippen LogP contribution is -2.14. The lowest BCUT2D eigenvalue weighted by atomic mass is 10.2. The zero-order valence-electron chi connectivity index (χ0n) is 11.9. The van der Waals surface area contributed by atoms with E-state index in [0.29, 0.717) is 4.47 Å². The topological polar surface area (TPSA) is 102 Å². The number of ether oxygens (including phenoxy) is 1. The fourth-order valence-electron chi connectivity index (χ4n) is 1.91. The van der Waals surface area contributed by atoms with Gasteiger partial charge in [0.15, 0.2) is 0 Å². The van der Waals surface area contributed by atoms with Crippen LogP contribution in [0.25, 0.3) is 0 Å². The number of carboxylic acids is 1. The molecule has 2 aromatic rings. The van der Waals surface area contributed by atoms with Gasteiger partial charge in [-0.05, 0) is 33.6 Å². The number of nitro groups is 1. The van der Waals surface area contributed by atoms with Crippen LogP contribution in [0, 0.1) is 10.1 Å². The molecule has 0 bridgehead atoms. The molecule has 23 heavy (non-hydrogen) atoms. The van der Waals surface area contributed by atoms with Gasteiger partial charge in [0, 0.05) is 0 Å². The number of nitrogens with zero attached hydrogens (tertiary/aromatic N) is 1. The normalized spacial score (nSPS) is 10.1. The number of hydrogen-bond acceptors (Lipinski definition) is 5. The second kappa shape index (κ2) is 7.59. The van der Waals surface area contributed by atoms with Gasteiger partial charge >= 0.3 is 11.7 Å². The molecule has 2 rings (SSSR count). The Bertz CT molecular complexity index is 721. The van der Waals surface area contributed by atoms with E-state index in [1.807, 2.05) is 30.3 Å². The maximum absolute atomic E-state index is 11.4. The molecule has 0 aliphatic heterocycles. The summed E-state index contributed by atoms with van der Waals surface area (Å²) in [5.74, 6) is -1.07. The molecule has 0 unspecified atom stereocenters. The van der Waals surface area contributed by atoms with Crippen molar-refractivity contribution in [2.24, 2.45) is 0 Å². The summed E-state index contributed by atoms with van der Waals surface area (Å²) in [6.45, 7) is -0.275. The quantitative estimate of drug-likeness (QED) is 0.563. The van der Waals surface area contributed by atoms with Crippen LogP contribution >= 0.6 is 15.9 Å². The predicted octanol–water partition coefficient (Wildman–Crippen LogP) is 3.43. The zero-order chi connectivity index (χ0) is 16.8. The minimum Gasteiger partial charge on any atom is -0.481 e. The Hall–Kier alpha value is -2.61. The Morgan fingerprint density at radius 3 is 2.57 bits per heavy atom. The van der Waals surface area contributed by atoms with Crippen molar-refractivity contribution in [3.05, 3.63) is 62.6 Å². The first-order valence-corrected chi connectivity index (χ1v) is 7.37. The van der Waals surface area contributed by atoms with E-state index < -0.39 is 17.4 Å². The van der Waals surface area contributed by atoms with Crippen LogP contribution in [0.5, 0.6) is 5.75 Å². The van der Waals surface area contributed by atoms with Crippen molar-refractivity contribution in [3.63, 3.8) is 0 Å². The Labute approximate surface area is 140 Å². The number of carbonyl (C=O) groups is 1. The number of nitro benzene ring substituents is 1. The van der Waals surface area contributed by atoms with E-state index in [4.69, 9.17) is 9.84 Å². The molecule has 0 saturated carbocycles. The summed E-state index contributed by atoms with van der Waals surface area (Å²) in [7, 11) is 0. The van der Waals surface area contributed by atoms with Gasteiger partial charge in [-0.1, -0.05) is 30.3 Å². The van der Waals surface area contributed by atoms with Crippen molar-refractivity contribution in [2.45, 2.75) is 6.61 Å². The van der Waals surface area contributed by atoms with E-state index >= 15 is 0 Å². The molecule has 0 amide bonds. The number of anilines is 1. The van der Waals surface area contributed by atoms with Gasteiger partial charge in [0.25, 0.3) is 0 Å². The highest BCUT2D eigenvalue weighted by atomic mass is 79.9. The zero-order valence-corrected chi connectivity index (χ0v) is 13.4. The SMILES string of the molecule is O=C(O)CNc1ccc(Br)c(OCc2ccccc2)c1[N+](=O)[O-].